The lowest BCUT2D eigenvalue weighted by molar-refractivity contribution is -0.132. The van der Waals surface area contributed by atoms with Gasteiger partial charge in [0, 0.05) is 38.6 Å². The summed E-state index contributed by atoms with van der Waals surface area (Å²) in [7, 11) is 0. The van der Waals surface area contributed by atoms with Gasteiger partial charge in [-0.1, -0.05) is 48.9 Å². The van der Waals surface area contributed by atoms with Crippen molar-refractivity contribution in [2.45, 2.75) is 76.7 Å². The van der Waals surface area contributed by atoms with E-state index in [1.807, 2.05) is 24.3 Å². The quantitative estimate of drug-likeness (QED) is 0.206. The second kappa shape index (κ2) is 19.1. The summed E-state index contributed by atoms with van der Waals surface area (Å²) in [6.45, 7) is 8.03. The molecule has 0 bridgehead atoms. The van der Waals surface area contributed by atoms with E-state index < -0.39 is 0 Å². The van der Waals surface area contributed by atoms with Crippen molar-refractivity contribution in [2.24, 2.45) is 5.92 Å². The maximum atomic E-state index is 12.7. The number of nitrogens with zero attached hydrogens (tertiary/aromatic N) is 1. The van der Waals surface area contributed by atoms with Crippen LogP contribution in [-0.2, 0) is 16.0 Å². The van der Waals surface area contributed by atoms with Gasteiger partial charge in [0.15, 0.2) is 0 Å². The van der Waals surface area contributed by atoms with Crippen LogP contribution < -0.4 is 21.3 Å². The van der Waals surface area contributed by atoms with E-state index in [1.54, 1.807) is 0 Å². The normalized spacial score (nSPS) is 17.5. The summed E-state index contributed by atoms with van der Waals surface area (Å²) in [6, 6.07) is 15.0. The Balaban J connectivity index is 0.00000462. The molecular weight excluding hydrogens is 534 g/mol. The fraction of sp³-hybridized carbons (Fsp3) is 0.636. The summed E-state index contributed by atoms with van der Waals surface area (Å²) in [5.74, 6) is 1.05. The van der Waals surface area contributed by atoms with Crippen LogP contribution >= 0.6 is 12.4 Å². The molecule has 0 radical (unpaired) electrons. The van der Waals surface area contributed by atoms with Gasteiger partial charge in [-0.3, -0.25) is 9.59 Å². The van der Waals surface area contributed by atoms with E-state index in [2.05, 4.69) is 44.4 Å². The number of fused-ring (bicyclic) bond motifs is 1. The molecule has 2 saturated heterocycles. The molecule has 0 spiro atoms. The van der Waals surface area contributed by atoms with Crippen molar-refractivity contribution in [3.8, 4) is 0 Å². The van der Waals surface area contributed by atoms with Crippen molar-refractivity contribution in [1.29, 1.82) is 0 Å². The molecule has 2 amide bonds. The van der Waals surface area contributed by atoms with Crippen LogP contribution in [0.5, 0.6) is 0 Å². The summed E-state index contributed by atoms with van der Waals surface area (Å²) in [5, 5.41) is 16.1. The monoisotopic (exact) mass is 585 g/mol. The van der Waals surface area contributed by atoms with E-state index in [0.29, 0.717) is 37.3 Å². The third-order valence-corrected chi connectivity index (χ3v) is 8.53. The number of amides is 2. The van der Waals surface area contributed by atoms with Gasteiger partial charge in [0.25, 0.3) is 0 Å². The largest absolute Gasteiger partial charge is 0.356 e. The first kappa shape index (κ1) is 33.3. The SMILES string of the molecule is Cl.O=C(Cc1cccc2ccccc12)NCCCCCC(=O)N1CCC(CNCCCCNC[C@@H]2CCCN2)CC1. The van der Waals surface area contributed by atoms with Crippen LogP contribution in [0.3, 0.4) is 0 Å². The fourth-order valence-corrected chi connectivity index (χ4v) is 6.05. The van der Waals surface area contributed by atoms with Crippen molar-refractivity contribution in [1.82, 2.24) is 26.2 Å². The summed E-state index contributed by atoms with van der Waals surface area (Å²) in [6.07, 6.45) is 11.1. The Labute approximate surface area is 253 Å². The zero-order chi connectivity index (χ0) is 27.8. The lowest BCUT2D eigenvalue weighted by atomic mass is 9.96. The maximum Gasteiger partial charge on any atom is 0.224 e. The number of hydrogen-bond donors (Lipinski definition) is 4. The van der Waals surface area contributed by atoms with Gasteiger partial charge in [0.2, 0.25) is 11.8 Å². The van der Waals surface area contributed by atoms with Crippen LogP contribution in [0.25, 0.3) is 10.8 Å². The molecule has 0 saturated carbocycles. The first-order valence-corrected chi connectivity index (χ1v) is 15.8. The van der Waals surface area contributed by atoms with Gasteiger partial charge in [0.05, 0.1) is 6.42 Å². The smallest absolute Gasteiger partial charge is 0.224 e. The Bertz CT molecular complexity index is 1030. The summed E-state index contributed by atoms with van der Waals surface area (Å²) in [5.41, 5.74) is 1.07. The van der Waals surface area contributed by atoms with E-state index in [1.165, 1.54) is 37.6 Å². The number of carbonyl (C=O) groups is 2. The molecule has 0 aliphatic carbocycles. The minimum absolute atomic E-state index is 0. The van der Waals surface area contributed by atoms with Crippen molar-refractivity contribution in [2.75, 3.05) is 52.4 Å². The summed E-state index contributed by atoms with van der Waals surface area (Å²) in [4.78, 5) is 27.1. The lowest BCUT2D eigenvalue weighted by Crippen LogP contribution is -2.40. The molecule has 8 heteroatoms. The predicted octanol–water partition coefficient (Wildman–Crippen LogP) is 4.43. The third-order valence-electron chi connectivity index (χ3n) is 8.53. The molecular formula is C33H52ClN5O2. The molecule has 2 aliphatic heterocycles. The maximum absolute atomic E-state index is 12.7. The zero-order valence-electron chi connectivity index (χ0n) is 24.8. The molecule has 0 aromatic heterocycles. The van der Waals surface area contributed by atoms with Gasteiger partial charge < -0.3 is 26.2 Å². The summed E-state index contributed by atoms with van der Waals surface area (Å²) >= 11 is 0. The van der Waals surface area contributed by atoms with Crippen LogP contribution in [0, 0.1) is 5.92 Å². The van der Waals surface area contributed by atoms with Crippen LogP contribution in [0.15, 0.2) is 42.5 Å². The molecule has 2 heterocycles. The molecule has 4 rings (SSSR count). The molecule has 2 aromatic rings. The van der Waals surface area contributed by atoms with Crippen molar-refractivity contribution in [3.63, 3.8) is 0 Å². The minimum atomic E-state index is 0. The Morgan fingerprint density at radius 1 is 0.829 bits per heavy atom. The molecule has 7 nitrogen and oxygen atoms in total. The number of carbonyl (C=O) groups excluding carboxylic acids is 2. The number of piperidine rings is 1. The zero-order valence-corrected chi connectivity index (χ0v) is 25.6. The molecule has 1 atom stereocenters. The second-order valence-corrected chi connectivity index (χ2v) is 11.7. The number of hydrogen-bond acceptors (Lipinski definition) is 5. The van der Waals surface area contributed by atoms with Crippen LogP contribution in [0.1, 0.15) is 69.8 Å². The highest BCUT2D eigenvalue weighted by Crippen LogP contribution is 2.19. The van der Waals surface area contributed by atoms with Gasteiger partial charge >= 0.3 is 0 Å². The molecule has 2 aromatic carbocycles. The molecule has 228 valence electrons. The highest BCUT2D eigenvalue weighted by atomic mass is 35.5. The molecule has 0 unspecified atom stereocenters. The van der Waals surface area contributed by atoms with E-state index in [0.717, 1.165) is 82.3 Å². The van der Waals surface area contributed by atoms with Crippen LogP contribution in [0.2, 0.25) is 0 Å². The Hall–Kier alpha value is -2.19. The molecule has 2 aliphatic rings. The topological polar surface area (TPSA) is 85.5 Å². The number of likely N-dealkylation sites (tertiary alicyclic amines) is 1. The molecule has 2 fully saturated rings. The first-order chi connectivity index (χ1) is 19.7. The Morgan fingerprint density at radius 2 is 1.56 bits per heavy atom. The number of halogens is 1. The first-order valence-electron chi connectivity index (χ1n) is 15.8. The van der Waals surface area contributed by atoms with Crippen LogP contribution in [0.4, 0.5) is 0 Å². The van der Waals surface area contributed by atoms with Gasteiger partial charge in [-0.15, -0.1) is 12.4 Å². The molecule has 4 N–H and O–H groups in total. The van der Waals surface area contributed by atoms with E-state index in [-0.39, 0.29) is 18.3 Å². The number of nitrogens with one attached hydrogen (secondary N) is 4. The average Bonchev–Trinajstić information content (AvgIpc) is 3.50. The van der Waals surface area contributed by atoms with E-state index in [9.17, 15) is 9.59 Å². The Morgan fingerprint density at radius 3 is 2.34 bits per heavy atom. The summed E-state index contributed by atoms with van der Waals surface area (Å²) < 4.78 is 0. The highest BCUT2D eigenvalue weighted by Gasteiger charge is 2.22. The van der Waals surface area contributed by atoms with Gasteiger partial charge in [-0.2, -0.15) is 0 Å². The molecule has 41 heavy (non-hydrogen) atoms. The lowest BCUT2D eigenvalue weighted by Gasteiger charge is -2.32. The number of rotatable bonds is 17. The van der Waals surface area contributed by atoms with Crippen molar-refractivity contribution < 1.29 is 9.59 Å². The van der Waals surface area contributed by atoms with E-state index in [4.69, 9.17) is 0 Å². The van der Waals surface area contributed by atoms with Gasteiger partial charge in [-0.25, -0.2) is 0 Å². The van der Waals surface area contributed by atoms with Crippen molar-refractivity contribution in [3.05, 3.63) is 48.0 Å². The van der Waals surface area contributed by atoms with Crippen molar-refractivity contribution >= 4 is 35.0 Å². The third kappa shape index (κ3) is 11.9. The standard InChI is InChI=1S/C33H51N5O2.ClH/c39-32(24-29-12-8-11-28-10-3-4-14-31(28)29)37-20-5-1-2-15-33(40)38-22-16-27(17-23-38)25-34-18-6-7-19-35-26-30-13-9-21-36-30;/h3-4,8,10-12,14,27,30,34-36H,1-2,5-7,9,13,15-26H2,(H,37,39);1H/t30-;/m0./s1. The predicted molar refractivity (Wildman–Crippen MR) is 172 cm³/mol. The van der Waals surface area contributed by atoms with Gasteiger partial charge in [-0.05, 0) is 99.8 Å². The number of unbranched alkanes of at least 4 members (excludes halogenated alkanes) is 3. The number of benzene rings is 2. The Kier molecular flexibility index (Phi) is 15.5. The highest BCUT2D eigenvalue weighted by molar-refractivity contribution is 5.90. The van der Waals surface area contributed by atoms with Crippen LogP contribution in [-0.4, -0.2) is 75.1 Å². The minimum Gasteiger partial charge on any atom is -0.356 e. The fourth-order valence-electron chi connectivity index (χ4n) is 6.05. The van der Waals surface area contributed by atoms with E-state index >= 15 is 0 Å². The second-order valence-electron chi connectivity index (χ2n) is 11.7. The average molecular weight is 586 g/mol. The van der Waals surface area contributed by atoms with Gasteiger partial charge in [0.1, 0.15) is 0 Å².